The number of allylic oxidation sites excluding steroid dienone is 1. The quantitative estimate of drug-likeness (QED) is 0.573. The first-order valence-corrected chi connectivity index (χ1v) is 10.2. The monoisotopic (exact) mass is 399 g/mol. The lowest BCUT2D eigenvalue weighted by Gasteiger charge is -2.31. The van der Waals surface area contributed by atoms with Crippen LogP contribution in [0.3, 0.4) is 0 Å². The molecule has 3 aromatic carbocycles. The molecule has 0 bridgehead atoms. The summed E-state index contributed by atoms with van der Waals surface area (Å²) in [6.07, 6.45) is 2.15. The van der Waals surface area contributed by atoms with Crippen molar-refractivity contribution < 1.29 is 4.79 Å². The zero-order valence-corrected chi connectivity index (χ0v) is 16.9. The predicted octanol–water partition coefficient (Wildman–Crippen LogP) is 4.37. The van der Waals surface area contributed by atoms with Crippen LogP contribution >= 0.6 is 12.2 Å². The third kappa shape index (κ3) is 3.08. The van der Waals surface area contributed by atoms with Gasteiger partial charge in [0.25, 0.3) is 5.91 Å². The molecule has 0 radical (unpaired) electrons. The molecule has 3 N–H and O–H groups in total. The molecule has 3 aromatic rings. The Morgan fingerprint density at radius 3 is 2.55 bits per heavy atom. The van der Waals surface area contributed by atoms with Gasteiger partial charge in [-0.15, -0.1) is 0 Å². The third-order valence-electron chi connectivity index (χ3n) is 5.77. The molecule has 1 amide bonds. The van der Waals surface area contributed by atoms with Crippen LogP contribution in [-0.2, 0) is 17.6 Å². The fraction of sp³-hybridized carbons (Fsp3) is 0.167. The fourth-order valence-corrected chi connectivity index (χ4v) is 4.74. The Kier molecular flexibility index (Phi) is 4.32. The second kappa shape index (κ2) is 7.01. The summed E-state index contributed by atoms with van der Waals surface area (Å²) in [5.74, 6) is -0.135. The summed E-state index contributed by atoms with van der Waals surface area (Å²) in [7, 11) is 0. The van der Waals surface area contributed by atoms with Crippen LogP contribution in [0.25, 0.3) is 10.8 Å². The van der Waals surface area contributed by atoms with Crippen molar-refractivity contribution in [3.05, 3.63) is 88.6 Å². The number of rotatable bonds is 3. The lowest BCUT2D eigenvalue weighted by atomic mass is 9.89. The Balaban J connectivity index is 1.62. The Morgan fingerprint density at radius 2 is 1.76 bits per heavy atom. The topological polar surface area (TPSA) is 53.2 Å². The maximum Gasteiger partial charge on any atom is 0.255 e. The van der Waals surface area contributed by atoms with E-state index < -0.39 is 0 Å². The fourth-order valence-electron chi connectivity index (χ4n) is 4.47. The minimum atomic E-state index is -0.308. The van der Waals surface area contributed by atoms with Crippen molar-refractivity contribution in [2.24, 2.45) is 0 Å². The molecule has 4 nitrogen and oxygen atoms in total. The Labute approximate surface area is 175 Å². The molecule has 5 rings (SSSR count). The lowest BCUT2D eigenvalue weighted by molar-refractivity contribution is -0.113. The zero-order valence-electron chi connectivity index (χ0n) is 16.1. The van der Waals surface area contributed by atoms with E-state index in [1.54, 1.807) is 0 Å². The van der Waals surface area contributed by atoms with Crippen molar-refractivity contribution >= 4 is 39.7 Å². The Hall–Kier alpha value is -3.18. The van der Waals surface area contributed by atoms with Gasteiger partial charge in [-0.05, 0) is 71.6 Å². The average Bonchev–Trinajstić information content (AvgIpc) is 3.13. The summed E-state index contributed by atoms with van der Waals surface area (Å²) in [4.78, 5) is 13.3. The molecular formula is C24H21N3OS. The highest BCUT2D eigenvalue weighted by Gasteiger charge is 2.31. The second-order valence-electron chi connectivity index (χ2n) is 7.54. The van der Waals surface area contributed by atoms with E-state index in [0.29, 0.717) is 10.7 Å². The van der Waals surface area contributed by atoms with Gasteiger partial charge in [0.1, 0.15) is 0 Å². The summed E-state index contributed by atoms with van der Waals surface area (Å²) in [6, 6.07) is 20.0. The van der Waals surface area contributed by atoms with E-state index in [-0.39, 0.29) is 11.9 Å². The van der Waals surface area contributed by atoms with E-state index in [2.05, 4.69) is 46.3 Å². The second-order valence-corrected chi connectivity index (χ2v) is 7.95. The Bertz CT molecular complexity index is 1170. The van der Waals surface area contributed by atoms with Gasteiger partial charge in [0.2, 0.25) is 0 Å². The number of nitrogens with one attached hydrogen (secondary N) is 3. The van der Waals surface area contributed by atoms with E-state index in [9.17, 15) is 4.79 Å². The van der Waals surface area contributed by atoms with E-state index in [1.807, 2.05) is 37.3 Å². The molecule has 1 aliphatic carbocycles. The minimum Gasteiger partial charge on any atom is -0.351 e. The molecule has 1 atom stereocenters. The number of thiocarbonyl (C=S) groups is 1. The largest absolute Gasteiger partial charge is 0.351 e. The SMILES string of the molecule is CC1=C(C(=O)Nc2ccccc2)[C@@H](c2ccc3c4c(cccc24)CC3)NC(=S)N1. The van der Waals surface area contributed by atoms with E-state index in [0.717, 1.165) is 29.8 Å². The maximum absolute atomic E-state index is 13.3. The number of amides is 1. The van der Waals surface area contributed by atoms with Crippen molar-refractivity contribution in [1.29, 1.82) is 0 Å². The van der Waals surface area contributed by atoms with E-state index in [1.165, 1.54) is 21.9 Å². The van der Waals surface area contributed by atoms with Crippen molar-refractivity contribution in [3.8, 4) is 0 Å². The molecule has 0 aromatic heterocycles. The molecule has 29 heavy (non-hydrogen) atoms. The first kappa shape index (κ1) is 17.9. The molecule has 2 aliphatic rings. The van der Waals surface area contributed by atoms with Crippen molar-refractivity contribution in [2.45, 2.75) is 25.8 Å². The summed E-state index contributed by atoms with van der Waals surface area (Å²) in [5, 5.41) is 12.5. The molecular weight excluding hydrogens is 378 g/mol. The van der Waals surface area contributed by atoms with Crippen LogP contribution in [0.1, 0.15) is 29.7 Å². The number of para-hydroxylation sites is 1. The minimum absolute atomic E-state index is 0.135. The highest BCUT2D eigenvalue weighted by molar-refractivity contribution is 7.80. The maximum atomic E-state index is 13.3. The van der Waals surface area contributed by atoms with Crippen LogP contribution in [0, 0.1) is 0 Å². The van der Waals surface area contributed by atoms with Crippen LogP contribution in [0.2, 0.25) is 0 Å². The van der Waals surface area contributed by atoms with Crippen LogP contribution in [0.5, 0.6) is 0 Å². The van der Waals surface area contributed by atoms with E-state index >= 15 is 0 Å². The molecule has 0 saturated heterocycles. The predicted molar refractivity (Wildman–Crippen MR) is 121 cm³/mol. The molecule has 144 valence electrons. The van der Waals surface area contributed by atoms with Gasteiger partial charge in [0, 0.05) is 11.4 Å². The lowest BCUT2D eigenvalue weighted by Crippen LogP contribution is -2.45. The van der Waals surface area contributed by atoms with Crippen molar-refractivity contribution in [3.63, 3.8) is 0 Å². The first-order chi connectivity index (χ1) is 14.1. The number of aryl methyl sites for hydroxylation is 2. The van der Waals surface area contributed by atoms with Crippen molar-refractivity contribution in [2.75, 3.05) is 5.32 Å². The highest BCUT2D eigenvalue weighted by Crippen LogP contribution is 2.38. The molecule has 1 heterocycles. The smallest absolute Gasteiger partial charge is 0.255 e. The van der Waals surface area contributed by atoms with Crippen LogP contribution in [0.4, 0.5) is 5.69 Å². The van der Waals surface area contributed by atoms with Gasteiger partial charge in [-0.25, -0.2) is 0 Å². The van der Waals surface area contributed by atoms with Crippen LogP contribution < -0.4 is 16.0 Å². The average molecular weight is 400 g/mol. The molecule has 0 saturated carbocycles. The third-order valence-corrected chi connectivity index (χ3v) is 5.99. The standard InChI is InChI=1S/C24H21N3OS/c1-14-20(23(28)26-17-7-3-2-4-8-17)22(27-24(29)25-14)19-13-12-16-11-10-15-6-5-9-18(19)21(15)16/h2-9,12-13,22H,10-11H2,1H3,(H,26,28)(H2,25,27,29)/t22-/m1/s1. The number of hydrogen-bond donors (Lipinski definition) is 3. The van der Waals surface area contributed by atoms with E-state index in [4.69, 9.17) is 12.2 Å². The molecule has 0 fully saturated rings. The summed E-state index contributed by atoms with van der Waals surface area (Å²) >= 11 is 5.43. The number of hydrogen-bond acceptors (Lipinski definition) is 2. The van der Waals surface area contributed by atoms with Gasteiger partial charge >= 0.3 is 0 Å². The Morgan fingerprint density at radius 1 is 1.00 bits per heavy atom. The van der Waals surface area contributed by atoms with Gasteiger partial charge in [-0.2, -0.15) is 0 Å². The highest BCUT2D eigenvalue weighted by atomic mass is 32.1. The van der Waals surface area contributed by atoms with Crippen LogP contribution in [-0.4, -0.2) is 11.0 Å². The first-order valence-electron chi connectivity index (χ1n) is 9.80. The van der Waals surface area contributed by atoms with Crippen LogP contribution in [0.15, 0.2) is 71.9 Å². The summed E-state index contributed by atoms with van der Waals surface area (Å²) in [5.41, 5.74) is 6.04. The van der Waals surface area contributed by atoms with Gasteiger partial charge in [-0.1, -0.05) is 48.5 Å². The number of carbonyl (C=O) groups excluding carboxylic acids is 1. The van der Waals surface area contributed by atoms with Gasteiger partial charge in [0.15, 0.2) is 5.11 Å². The molecule has 5 heteroatoms. The summed E-state index contributed by atoms with van der Waals surface area (Å²) in [6.45, 7) is 1.90. The molecule has 1 aliphatic heterocycles. The summed E-state index contributed by atoms with van der Waals surface area (Å²) < 4.78 is 0. The normalized spacial score (nSPS) is 17.8. The number of anilines is 1. The number of benzene rings is 3. The molecule has 0 unspecified atom stereocenters. The zero-order chi connectivity index (χ0) is 20.0. The molecule has 0 spiro atoms. The van der Waals surface area contributed by atoms with Gasteiger partial charge in [0.05, 0.1) is 11.6 Å². The van der Waals surface area contributed by atoms with Gasteiger partial charge in [-0.3, -0.25) is 4.79 Å². The van der Waals surface area contributed by atoms with Gasteiger partial charge < -0.3 is 16.0 Å². The van der Waals surface area contributed by atoms with Crippen molar-refractivity contribution in [1.82, 2.24) is 10.6 Å². The number of carbonyl (C=O) groups is 1.